The Kier molecular flexibility index (Phi) is 3.25. The van der Waals surface area contributed by atoms with Gasteiger partial charge in [-0.25, -0.2) is 8.78 Å². The van der Waals surface area contributed by atoms with Crippen molar-refractivity contribution in [3.05, 3.63) is 35.4 Å². The number of halogens is 3. The normalized spacial score (nSPS) is 25.8. The molecular weight excluding hydrogens is 218 g/mol. The maximum absolute atomic E-state index is 12.9. The molecule has 1 aromatic carbocycles. The molecule has 3 heteroatoms. The van der Waals surface area contributed by atoms with E-state index in [0.29, 0.717) is 5.92 Å². The van der Waals surface area contributed by atoms with Crippen LogP contribution in [0.3, 0.4) is 0 Å². The standard InChI is InChI=1S/C12H13ClF2/c13-10-2-1-8(4-10)3-9-5-11(14)7-12(15)6-9/h5-8,10H,1-4H2. The van der Waals surface area contributed by atoms with Crippen molar-refractivity contribution in [2.45, 2.75) is 31.1 Å². The minimum atomic E-state index is -0.495. The Balaban J connectivity index is 2.04. The summed E-state index contributed by atoms with van der Waals surface area (Å²) >= 11 is 5.99. The lowest BCUT2D eigenvalue weighted by atomic mass is 9.98. The van der Waals surface area contributed by atoms with Crippen LogP contribution in [0.1, 0.15) is 24.8 Å². The lowest BCUT2D eigenvalue weighted by molar-refractivity contribution is 0.534. The van der Waals surface area contributed by atoms with E-state index in [-0.39, 0.29) is 5.38 Å². The van der Waals surface area contributed by atoms with Gasteiger partial charge in [-0.1, -0.05) is 0 Å². The van der Waals surface area contributed by atoms with E-state index in [4.69, 9.17) is 11.6 Å². The van der Waals surface area contributed by atoms with Gasteiger partial charge < -0.3 is 0 Å². The summed E-state index contributed by atoms with van der Waals surface area (Å²) in [6, 6.07) is 3.72. The maximum atomic E-state index is 12.9. The summed E-state index contributed by atoms with van der Waals surface area (Å²) < 4.78 is 25.8. The largest absolute Gasteiger partial charge is 0.207 e. The van der Waals surface area contributed by atoms with Gasteiger partial charge in [0.2, 0.25) is 0 Å². The van der Waals surface area contributed by atoms with E-state index < -0.39 is 11.6 Å². The van der Waals surface area contributed by atoms with E-state index >= 15 is 0 Å². The number of benzene rings is 1. The van der Waals surface area contributed by atoms with Gasteiger partial charge in [-0.15, -0.1) is 11.6 Å². The average Bonchev–Trinajstić information content (AvgIpc) is 2.49. The van der Waals surface area contributed by atoms with Gasteiger partial charge in [0.1, 0.15) is 11.6 Å². The molecule has 0 spiro atoms. The topological polar surface area (TPSA) is 0 Å². The molecule has 0 nitrogen and oxygen atoms in total. The van der Waals surface area contributed by atoms with Crippen LogP contribution in [0.2, 0.25) is 0 Å². The third-order valence-corrected chi connectivity index (χ3v) is 3.32. The van der Waals surface area contributed by atoms with E-state index in [1.165, 1.54) is 12.1 Å². The fraction of sp³-hybridized carbons (Fsp3) is 0.500. The van der Waals surface area contributed by atoms with Gasteiger partial charge in [-0.3, -0.25) is 0 Å². The molecular formula is C12H13ClF2. The first-order valence-corrected chi connectivity index (χ1v) is 5.66. The summed E-state index contributed by atoms with van der Waals surface area (Å²) in [6.45, 7) is 0. The minimum absolute atomic E-state index is 0.244. The molecule has 0 saturated heterocycles. The predicted octanol–water partition coefficient (Wildman–Crippen LogP) is 3.91. The lowest BCUT2D eigenvalue weighted by Gasteiger charge is -2.09. The van der Waals surface area contributed by atoms with Crippen molar-refractivity contribution in [2.24, 2.45) is 5.92 Å². The van der Waals surface area contributed by atoms with Crippen LogP contribution in [-0.2, 0) is 6.42 Å². The third kappa shape index (κ3) is 2.91. The Bertz CT molecular complexity index is 331. The summed E-state index contributed by atoms with van der Waals surface area (Å²) in [6.07, 6.45) is 3.77. The molecule has 0 aliphatic heterocycles. The second kappa shape index (κ2) is 4.48. The Morgan fingerprint density at radius 2 is 1.80 bits per heavy atom. The minimum Gasteiger partial charge on any atom is -0.207 e. The zero-order valence-corrected chi connectivity index (χ0v) is 9.11. The second-order valence-electron chi connectivity index (χ2n) is 4.26. The summed E-state index contributed by atoms with van der Waals surface area (Å²) in [5.41, 5.74) is 0.739. The van der Waals surface area contributed by atoms with Gasteiger partial charge >= 0.3 is 0 Å². The molecule has 1 aliphatic rings. The molecule has 0 N–H and O–H groups in total. The average molecular weight is 231 g/mol. The highest BCUT2D eigenvalue weighted by atomic mass is 35.5. The highest BCUT2D eigenvalue weighted by Gasteiger charge is 2.23. The van der Waals surface area contributed by atoms with Gasteiger partial charge in [0, 0.05) is 11.4 Å². The quantitative estimate of drug-likeness (QED) is 0.676. The Morgan fingerprint density at radius 3 is 2.33 bits per heavy atom. The van der Waals surface area contributed by atoms with E-state index in [9.17, 15) is 8.78 Å². The molecule has 0 amide bonds. The lowest BCUT2D eigenvalue weighted by Crippen LogP contribution is -2.01. The number of hydrogen-bond donors (Lipinski definition) is 0. The van der Waals surface area contributed by atoms with Crippen molar-refractivity contribution >= 4 is 11.6 Å². The SMILES string of the molecule is Fc1cc(F)cc(CC2CCC(Cl)C2)c1. The molecule has 1 fully saturated rings. The number of hydrogen-bond acceptors (Lipinski definition) is 0. The first-order valence-electron chi connectivity index (χ1n) is 5.22. The molecule has 0 heterocycles. The van der Waals surface area contributed by atoms with Crippen molar-refractivity contribution in [1.29, 1.82) is 0 Å². The Labute approximate surface area is 93.2 Å². The van der Waals surface area contributed by atoms with Crippen LogP contribution in [0.15, 0.2) is 18.2 Å². The van der Waals surface area contributed by atoms with E-state index in [0.717, 1.165) is 37.3 Å². The fourth-order valence-corrected chi connectivity index (χ4v) is 2.64. The molecule has 1 aromatic rings. The van der Waals surface area contributed by atoms with Crippen LogP contribution in [0, 0.1) is 17.6 Å². The summed E-state index contributed by atoms with van der Waals surface area (Å²) in [4.78, 5) is 0. The monoisotopic (exact) mass is 230 g/mol. The van der Waals surface area contributed by atoms with Crippen LogP contribution in [0.25, 0.3) is 0 Å². The van der Waals surface area contributed by atoms with Gasteiger partial charge in [0.05, 0.1) is 0 Å². The van der Waals surface area contributed by atoms with Crippen molar-refractivity contribution in [2.75, 3.05) is 0 Å². The number of alkyl halides is 1. The fourth-order valence-electron chi connectivity index (χ4n) is 2.26. The van der Waals surface area contributed by atoms with Crippen molar-refractivity contribution in [3.8, 4) is 0 Å². The van der Waals surface area contributed by atoms with Crippen LogP contribution < -0.4 is 0 Å². The Hall–Kier alpha value is -0.630. The zero-order valence-electron chi connectivity index (χ0n) is 8.35. The van der Waals surface area contributed by atoms with Gasteiger partial charge in [-0.2, -0.15) is 0 Å². The van der Waals surface area contributed by atoms with Crippen LogP contribution in [0.5, 0.6) is 0 Å². The van der Waals surface area contributed by atoms with Crippen molar-refractivity contribution in [1.82, 2.24) is 0 Å². The first kappa shape index (κ1) is 10.9. The summed E-state index contributed by atoms with van der Waals surface area (Å²) in [5, 5.41) is 0.244. The van der Waals surface area contributed by atoms with Crippen LogP contribution in [-0.4, -0.2) is 5.38 Å². The second-order valence-corrected chi connectivity index (χ2v) is 4.88. The molecule has 15 heavy (non-hydrogen) atoms. The van der Waals surface area contributed by atoms with Crippen molar-refractivity contribution in [3.63, 3.8) is 0 Å². The van der Waals surface area contributed by atoms with Gasteiger partial charge in [-0.05, 0) is 49.3 Å². The van der Waals surface area contributed by atoms with Crippen LogP contribution in [0.4, 0.5) is 8.78 Å². The molecule has 2 atom stereocenters. The Morgan fingerprint density at radius 1 is 1.13 bits per heavy atom. The predicted molar refractivity (Wildman–Crippen MR) is 57.0 cm³/mol. The molecule has 1 aliphatic carbocycles. The molecule has 1 saturated carbocycles. The zero-order chi connectivity index (χ0) is 10.8. The molecule has 0 bridgehead atoms. The maximum Gasteiger partial charge on any atom is 0.126 e. The van der Waals surface area contributed by atoms with E-state index in [2.05, 4.69) is 0 Å². The van der Waals surface area contributed by atoms with Gasteiger partial charge in [0.25, 0.3) is 0 Å². The molecule has 0 aromatic heterocycles. The highest BCUT2D eigenvalue weighted by molar-refractivity contribution is 6.20. The molecule has 82 valence electrons. The summed E-state index contributed by atoms with van der Waals surface area (Å²) in [7, 11) is 0. The van der Waals surface area contributed by atoms with E-state index in [1.807, 2.05) is 0 Å². The van der Waals surface area contributed by atoms with Crippen LogP contribution >= 0.6 is 11.6 Å². The van der Waals surface area contributed by atoms with Crippen molar-refractivity contribution < 1.29 is 8.78 Å². The summed E-state index contributed by atoms with van der Waals surface area (Å²) in [5.74, 6) is -0.510. The highest BCUT2D eigenvalue weighted by Crippen LogP contribution is 2.32. The van der Waals surface area contributed by atoms with Gasteiger partial charge in [0.15, 0.2) is 0 Å². The molecule has 2 rings (SSSR count). The number of rotatable bonds is 2. The molecule has 2 unspecified atom stereocenters. The first-order chi connectivity index (χ1) is 7.13. The smallest absolute Gasteiger partial charge is 0.126 e. The van der Waals surface area contributed by atoms with E-state index in [1.54, 1.807) is 0 Å². The molecule has 0 radical (unpaired) electrons. The third-order valence-electron chi connectivity index (χ3n) is 2.92.